The lowest BCUT2D eigenvalue weighted by Crippen LogP contribution is -2.36. The minimum absolute atomic E-state index is 0.0249. The van der Waals surface area contributed by atoms with Crippen molar-refractivity contribution in [1.29, 1.82) is 0 Å². The van der Waals surface area contributed by atoms with Crippen LogP contribution in [0.3, 0.4) is 0 Å². The summed E-state index contributed by atoms with van der Waals surface area (Å²) in [5.41, 5.74) is 2.76. The topological polar surface area (TPSA) is 71.2 Å². The van der Waals surface area contributed by atoms with Gasteiger partial charge in [-0.15, -0.1) is 11.8 Å². The number of aromatic nitrogens is 1. The molecule has 26 heavy (non-hydrogen) atoms. The van der Waals surface area contributed by atoms with Crippen molar-refractivity contribution in [1.82, 2.24) is 10.3 Å². The fourth-order valence-corrected chi connectivity index (χ4v) is 4.33. The van der Waals surface area contributed by atoms with E-state index in [1.54, 1.807) is 36.0 Å². The standard InChI is InChI=1S/C20H18N2O3S/c23-18(13-5-2-1-3-6-13)11-25-20(24)17-12-26-19(22-17)15-7-4-8-16-14(15)9-10-21-16/h1-10,17,19,21-22H,11-12H2/t17-,19-/m0/s1. The maximum atomic E-state index is 12.3. The van der Waals surface area contributed by atoms with E-state index in [1.807, 2.05) is 30.5 Å². The van der Waals surface area contributed by atoms with Crippen LogP contribution in [-0.2, 0) is 9.53 Å². The highest BCUT2D eigenvalue weighted by molar-refractivity contribution is 7.99. The second kappa shape index (κ2) is 7.35. The number of aromatic amines is 1. The van der Waals surface area contributed by atoms with E-state index in [1.165, 1.54) is 0 Å². The van der Waals surface area contributed by atoms with Crippen LogP contribution >= 0.6 is 11.8 Å². The number of ether oxygens (including phenoxy) is 1. The summed E-state index contributed by atoms with van der Waals surface area (Å²) >= 11 is 1.67. The maximum absolute atomic E-state index is 12.3. The number of Topliss-reactive ketones (excluding diaryl/α,β-unsaturated/α-hetero) is 1. The number of thioether (sulfide) groups is 1. The number of H-pyrrole nitrogens is 1. The van der Waals surface area contributed by atoms with Gasteiger partial charge in [-0.05, 0) is 17.7 Å². The Hall–Kier alpha value is -2.57. The summed E-state index contributed by atoms with van der Waals surface area (Å²) in [7, 11) is 0. The van der Waals surface area contributed by atoms with E-state index in [-0.39, 0.29) is 23.7 Å². The highest BCUT2D eigenvalue weighted by Gasteiger charge is 2.32. The van der Waals surface area contributed by atoms with Gasteiger partial charge < -0.3 is 9.72 Å². The highest BCUT2D eigenvalue weighted by Crippen LogP contribution is 2.36. The molecule has 1 saturated heterocycles. The first-order chi connectivity index (χ1) is 12.7. The number of carbonyl (C=O) groups excluding carboxylic acids is 2. The SMILES string of the molecule is O=C(COC(=O)[C@@H]1CS[C@@H](c2cccc3[nH]ccc23)N1)c1ccccc1. The molecule has 1 aromatic heterocycles. The van der Waals surface area contributed by atoms with Crippen LogP contribution in [0.4, 0.5) is 0 Å². The lowest BCUT2D eigenvalue weighted by atomic mass is 10.1. The van der Waals surface area contributed by atoms with Gasteiger partial charge in [0.1, 0.15) is 6.04 Å². The number of ketones is 1. The van der Waals surface area contributed by atoms with Gasteiger partial charge in [0.15, 0.2) is 12.4 Å². The monoisotopic (exact) mass is 366 g/mol. The van der Waals surface area contributed by atoms with E-state index in [4.69, 9.17) is 4.74 Å². The summed E-state index contributed by atoms with van der Waals surface area (Å²) < 4.78 is 5.23. The lowest BCUT2D eigenvalue weighted by Gasteiger charge is -2.14. The Balaban J connectivity index is 1.37. The Bertz CT molecular complexity index is 938. The van der Waals surface area contributed by atoms with Crippen LogP contribution in [0.15, 0.2) is 60.8 Å². The van der Waals surface area contributed by atoms with Gasteiger partial charge in [-0.25, -0.2) is 0 Å². The minimum atomic E-state index is -0.414. The van der Waals surface area contributed by atoms with Crippen LogP contribution in [0.1, 0.15) is 21.3 Å². The minimum Gasteiger partial charge on any atom is -0.456 e. The highest BCUT2D eigenvalue weighted by atomic mass is 32.2. The number of nitrogens with one attached hydrogen (secondary N) is 2. The summed E-state index contributed by atoms with van der Waals surface area (Å²) in [6.07, 6.45) is 1.91. The lowest BCUT2D eigenvalue weighted by molar-refractivity contribution is -0.144. The zero-order valence-electron chi connectivity index (χ0n) is 14.0. The predicted octanol–water partition coefficient (Wildman–Crippen LogP) is 3.30. The fraction of sp³-hybridized carbons (Fsp3) is 0.200. The molecule has 0 spiro atoms. The van der Waals surface area contributed by atoms with Crippen molar-refractivity contribution in [2.75, 3.05) is 12.4 Å². The van der Waals surface area contributed by atoms with E-state index in [0.717, 1.165) is 16.5 Å². The second-order valence-corrected chi connectivity index (χ2v) is 7.25. The van der Waals surface area contributed by atoms with Crippen molar-refractivity contribution in [2.24, 2.45) is 0 Å². The molecule has 5 nitrogen and oxygen atoms in total. The molecule has 1 aliphatic rings. The van der Waals surface area contributed by atoms with Crippen LogP contribution in [-0.4, -0.2) is 35.1 Å². The van der Waals surface area contributed by atoms with Gasteiger partial charge in [0.25, 0.3) is 0 Å². The third kappa shape index (κ3) is 3.38. The molecule has 2 heterocycles. The van der Waals surface area contributed by atoms with Gasteiger partial charge >= 0.3 is 5.97 Å². The number of carbonyl (C=O) groups is 2. The van der Waals surface area contributed by atoms with Crippen molar-refractivity contribution >= 4 is 34.4 Å². The molecule has 0 aliphatic carbocycles. The van der Waals surface area contributed by atoms with Crippen molar-refractivity contribution in [3.05, 3.63) is 71.9 Å². The van der Waals surface area contributed by atoms with Gasteiger partial charge in [-0.3, -0.25) is 14.9 Å². The average molecular weight is 366 g/mol. The van der Waals surface area contributed by atoms with E-state index in [0.29, 0.717) is 11.3 Å². The molecule has 4 rings (SSSR count). The largest absolute Gasteiger partial charge is 0.456 e. The Morgan fingerprint density at radius 1 is 1.08 bits per heavy atom. The van der Waals surface area contributed by atoms with Gasteiger partial charge in [0, 0.05) is 28.4 Å². The molecule has 0 amide bonds. The molecule has 0 saturated carbocycles. The first-order valence-corrected chi connectivity index (χ1v) is 9.46. The van der Waals surface area contributed by atoms with Crippen molar-refractivity contribution in [3.8, 4) is 0 Å². The number of rotatable bonds is 5. The first kappa shape index (κ1) is 16.9. The van der Waals surface area contributed by atoms with E-state index in [2.05, 4.69) is 16.4 Å². The summed E-state index contributed by atoms with van der Waals surface area (Å²) in [5.74, 6) is 0.0351. The summed E-state index contributed by atoms with van der Waals surface area (Å²) in [4.78, 5) is 27.6. The molecule has 0 radical (unpaired) electrons. The normalized spacial score (nSPS) is 19.5. The number of hydrogen-bond donors (Lipinski definition) is 2. The molecule has 132 valence electrons. The van der Waals surface area contributed by atoms with Gasteiger partial charge in [0.2, 0.25) is 0 Å². The van der Waals surface area contributed by atoms with Crippen LogP contribution in [0.25, 0.3) is 10.9 Å². The molecule has 2 atom stereocenters. The molecule has 6 heteroatoms. The van der Waals surface area contributed by atoms with Crippen molar-refractivity contribution < 1.29 is 14.3 Å². The van der Waals surface area contributed by atoms with E-state index >= 15 is 0 Å². The third-order valence-electron chi connectivity index (χ3n) is 4.42. The summed E-state index contributed by atoms with van der Waals surface area (Å²) in [6.45, 7) is -0.232. The second-order valence-electron chi connectivity index (χ2n) is 6.12. The molecule has 1 aliphatic heterocycles. The van der Waals surface area contributed by atoms with Gasteiger partial charge in [-0.2, -0.15) is 0 Å². The van der Waals surface area contributed by atoms with Gasteiger partial charge in [-0.1, -0.05) is 42.5 Å². The smallest absolute Gasteiger partial charge is 0.324 e. The van der Waals surface area contributed by atoms with Crippen LogP contribution in [0.2, 0.25) is 0 Å². The molecule has 2 aromatic carbocycles. The quantitative estimate of drug-likeness (QED) is 0.536. The fourth-order valence-electron chi connectivity index (χ4n) is 3.07. The Morgan fingerprint density at radius 3 is 2.77 bits per heavy atom. The first-order valence-electron chi connectivity index (χ1n) is 8.41. The predicted molar refractivity (Wildman–Crippen MR) is 102 cm³/mol. The number of fused-ring (bicyclic) bond motifs is 1. The van der Waals surface area contributed by atoms with Crippen LogP contribution < -0.4 is 5.32 Å². The Morgan fingerprint density at radius 2 is 1.92 bits per heavy atom. The number of hydrogen-bond acceptors (Lipinski definition) is 5. The molecule has 0 bridgehead atoms. The van der Waals surface area contributed by atoms with Crippen molar-refractivity contribution in [3.63, 3.8) is 0 Å². The molecule has 0 unspecified atom stereocenters. The molecular weight excluding hydrogens is 348 g/mol. The van der Waals surface area contributed by atoms with Gasteiger partial charge in [0.05, 0.1) is 5.37 Å². The molecular formula is C20H18N2O3S. The summed E-state index contributed by atoms with van der Waals surface area (Å²) in [6, 6.07) is 16.6. The molecule has 3 aromatic rings. The zero-order valence-corrected chi connectivity index (χ0v) is 14.8. The maximum Gasteiger partial charge on any atom is 0.324 e. The molecule has 2 N–H and O–H groups in total. The van der Waals surface area contributed by atoms with Crippen LogP contribution in [0, 0.1) is 0 Å². The number of benzene rings is 2. The van der Waals surface area contributed by atoms with Crippen molar-refractivity contribution in [2.45, 2.75) is 11.4 Å². The Labute approximate surface area is 155 Å². The molecule has 1 fully saturated rings. The summed E-state index contributed by atoms with van der Waals surface area (Å²) in [5, 5.41) is 4.48. The van der Waals surface area contributed by atoms with E-state index < -0.39 is 6.04 Å². The van der Waals surface area contributed by atoms with Crippen LogP contribution in [0.5, 0.6) is 0 Å². The number of esters is 1. The average Bonchev–Trinajstić information content (AvgIpc) is 3.35. The van der Waals surface area contributed by atoms with E-state index in [9.17, 15) is 9.59 Å². The zero-order chi connectivity index (χ0) is 17.9. The third-order valence-corrected chi connectivity index (χ3v) is 5.67. The Kier molecular flexibility index (Phi) is 4.77.